The van der Waals surface area contributed by atoms with Crippen molar-refractivity contribution in [1.29, 1.82) is 0 Å². The van der Waals surface area contributed by atoms with Crippen LogP contribution in [0.25, 0.3) is 0 Å². The van der Waals surface area contributed by atoms with E-state index in [9.17, 15) is 9.59 Å². The largest absolute Gasteiger partial charge is 0.462 e. The standard InChI is InChI=1S/C22H21NO3S/c1-3-26-22(25)18-14-15(2)27-21(18)23-20(24)19(16-10-6-4-7-11-16)17-12-8-5-9-13-17/h4-14,19H,3H2,1-2H3,(H,23,24). The number of hydrogen-bond donors (Lipinski definition) is 1. The lowest BCUT2D eigenvalue weighted by molar-refractivity contribution is -0.116. The Morgan fingerprint density at radius 3 is 2.07 bits per heavy atom. The molecular formula is C22H21NO3S. The average Bonchev–Trinajstić information content (AvgIpc) is 3.04. The Labute approximate surface area is 162 Å². The smallest absolute Gasteiger partial charge is 0.341 e. The second-order valence-electron chi connectivity index (χ2n) is 6.06. The van der Waals surface area contributed by atoms with Gasteiger partial charge in [0, 0.05) is 4.88 Å². The molecule has 0 radical (unpaired) electrons. The third kappa shape index (κ3) is 4.44. The number of thiophene rings is 1. The van der Waals surface area contributed by atoms with Crippen molar-refractivity contribution in [3.05, 3.63) is 88.3 Å². The highest BCUT2D eigenvalue weighted by molar-refractivity contribution is 7.16. The topological polar surface area (TPSA) is 55.4 Å². The molecule has 27 heavy (non-hydrogen) atoms. The minimum absolute atomic E-state index is 0.181. The highest BCUT2D eigenvalue weighted by atomic mass is 32.1. The van der Waals surface area contributed by atoms with Gasteiger partial charge in [-0.15, -0.1) is 11.3 Å². The van der Waals surface area contributed by atoms with E-state index in [1.807, 2.05) is 67.6 Å². The predicted molar refractivity (Wildman–Crippen MR) is 108 cm³/mol. The minimum Gasteiger partial charge on any atom is -0.462 e. The summed E-state index contributed by atoms with van der Waals surface area (Å²) in [5.74, 6) is -1.07. The van der Waals surface area contributed by atoms with Gasteiger partial charge in [0.15, 0.2) is 0 Å². The van der Waals surface area contributed by atoms with Gasteiger partial charge in [0.05, 0.1) is 18.1 Å². The minimum atomic E-state index is -0.468. The molecule has 0 saturated carbocycles. The van der Waals surface area contributed by atoms with E-state index in [-0.39, 0.29) is 12.5 Å². The van der Waals surface area contributed by atoms with Crippen LogP contribution in [0.15, 0.2) is 66.7 Å². The van der Waals surface area contributed by atoms with Crippen molar-refractivity contribution in [2.24, 2.45) is 0 Å². The van der Waals surface area contributed by atoms with Gasteiger partial charge in [-0.2, -0.15) is 0 Å². The maximum atomic E-state index is 13.2. The van der Waals surface area contributed by atoms with Crippen LogP contribution in [0.3, 0.4) is 0 Å². The fourth-order valence-electron chi connectivity index (χ4n) is 2.94. The van der Waals surface area contributed by atoms with Crippen molar-refractivity contribution >= 4 is 28.2 Å². The van der Waals surface area contributed by atoms with Gasteiger partial charge in [-0.1, -0.05) is 60.7 Å². The Morgan fingerprint density at radius 2 is 1.56 bits per heavy atom. The van der Waals surface area contributed by atoms with Crippen LogP contribution >= 0.6 is 11.3 Å². The molecule has 0 aliphatic rings. The number of rotatable bonds is 6. The van der Waals surface area contributed by atoms with Crippen LogP contribution in [0, 0.1) is 6.92 Å². The molecule has 1 aromatic heterocycles. The van der Waals surface area contributed by atoms with Crippen molar-refractivity contribution in [3.8, 4) is 0 Å². The maximum Gasteiger partial charge on any atom is 0.341 e. The number of carbonyl (C=O) groups is 2. The molecule has 4 nitrogen and oxygen atoms in total. The zero-order valence-electron chi connectivity index (χ0n) is 15.3. The SMILES string of the molecule is CCOC(=O)c1cc(C)sc1NC(=O)C(c1ccccc1)c1ccccc1. The van der Waals surface area contributed by atoms with Crippen molar-refractivity contribution in [2.75, 3.05) is 11.9 Å². The Kier molecular flexibility index (Phi) is 6.04. The molecule has 2 aromatic carbocycles. The molecule has 0 atom stereocenters. The van der Waals surface area contributed by atoms with E-state index in [0.29, 0.717) is 10.6 Å². The summed E-state index contributed by atoms with van der Waals surface area (Å²) in [4.78, 5) is 26.3. The van der Waals surface area contributed by atoms with Crippen LogP contribution in [0.1, 0.15) is 39.2 Å². The van der Waals surface area contributed by atoms with E-state index < -0.39 is 11.9 Å². The van der Waals surface area contributed by atoms with Gasteiger partial charge in [0.2, 0.25) is 5.91 Å². The number of nitrogens with one attached hydrogen (secondary N) is 1. The first-order valence-electron chi connectivity index (χ1n) is 8.78. The number of amides is 1. The molecule has 138 valence electrons. The highest BCUT2D eigenvalue weighted by Crippen LogP contribution is 2.31. The van der Waals surface area contributed by atoms with Crippen molar-refractivity contribution in [3.63, 3.8) is 0 Å². The number of aryl methyl sites for hydroxylation is 1. The number of ether oxygens (including phenoxy) is 1. The number of carbonyl (C=O) groups excluding carboxylic acids is 2. The molecule has 0 aliphatic carbocycles. The van der Waals surface area contributed by atoms with E-state index in [4.69, 9.17) is 4.74 Å². The van der Waals surface area contributed by atoms with Crippen molar-refractivity contribution in [2.45, 2.75) is 19.8 Å². The monoisotopic (exact) mass is 379 g/mol. The summed E-state index contributed by atoms with van der Waals surface area (Å²) >= 11 is 1.37. The molecular weight excluding hydrogens is 358 g/mol. The molecule has 1 N–H and O–H groups in total. The summed E-state index contributed by atoms with van der Waals surface area (Å²) in [6.45, 7) is 3.95. The molecule has 3 rings (SSSR count). The van der Waals surface area contributed by atoms with Crippen LogP contribution in [0.5, 0.6) is 0 Å². The van der Waals surface area contributed by atoms with Crippen LogP contribution in [0.4, 0.5) is 5.00 Å². The van der Waals surface area contributed by atoms with E-state index in [0.717, 1.165) is 16.0 Å². The number of hydrogen-bond acceptors (Lipinski definition) is 4. The highest BCUT2D eigenvalue weighted by Gasteiger charge is 2.25. The molecule has 1 amide bonds. The lowest BCUT2D eigenvalue weighted by Crippen LogP contribution is -2.22. The Balaban J connectivity index is 1.94. The first-order chi connectivity index (χ1) is 13.1. The van der Waals surface area contributed by atoms with Crippen molar-refractivity contribution in [1.82, 2.24) is 0 Å². The fourth-order valence-corrected chi connectivity index (χ4v) is 3.84. The quantitative estimate of drug-likeness (QED) is 0.613. The summed E-state index contributed by atoms with van der Waals surface area (Å²) in [5.41, 5.74) is 2.19. The predicted octanol–water partition coefficient (Wildman–Crippen LogP) is 5.00. The van der Waals surface area contributed by atoms with Gasteiger partial charge in [-0.05, 0) is 31.0 Å². The van der Waals surface area contributed by atoms with Gasteiger partial charge in [-0.3, -0.25) is 4.79 Å². The average molecular weight is 379 g/mol. The molecule has 0 spiro atoms. The van der Waals surface area contributed by atoms with Crippen LogP contribution in [-0.4, -0.2) is 18.5 Å². The zero-order chi connectivity index (χ0) is 19.2. The molecule has 5 heteroatoms. The third-order valence-electron chi connectivity index (χ3n) is 4.12. The van der Waals surface area contributed by atoms with Gasteiger partial charge < -0.3 is 10.1 Å². The van der Waals surface area contributed by atoms with E-state index in [2.05, 4.69) is 5.32 Å². The van der Waals surface area contributed by atoms with Crippen LogP contribution < -0.4 is 5.32 Å². The zero-order valence-corrected chi connectivity index (χ0v) is 16.1. The molecule has 0 bridgehead atoms. The van der Waals surface area contributed by atoms with Gasteiger partial charge in [0.25, 0.3) is 0 Å². The van der Waals surface area contributed by atoms with Crippen LogP contribution in [0.2, 0.25) is 0 Å². The number of benzene rings is 2. The Hall–Kier alpha value is -2.92. The van der Waals surface area contributed by atoms with E-state index in [1.54, 1.807) is 13.0 Å². The van der Waals surface area contributed by atoms with Gasteiger partial charge in [0.1, 0.15) is 5.00 Å². The lowest BCUT2D eigenvalue weighted by Gasteiger charge is -2.18. The number of anilines is 1. The molecule has 0 aliphatic heterocycles. The third-order valence-corrected chi connectivity index (χ3v) is 5.08. The summed E-state index contributed by atoms with van der Waals surface area (Å²) in [5, 5.41) is 3.47. The number of esters is 1. The fraction of sp³-hybridized carbons (Fsp3) is 0.182. The Morgan fingerprint density at radius 1 is 1.00 bits per heavy atom. The molecule has 0 unspecified atom stereocenters. The maximum absolute atomic E-state index is 13.2. The van der Waals surface area contributed by atoms with E-state index >= 15 is 0 Å². The first kappa shape index (κ1) is 18.9. The van der Waals surface area contributed by atoms with Gasteiger partial charge in [-0.25, -0.2) is 4.79 Å². The molecule has 3 aromatic rings. The van der Waals surface area contributed by atoms with Crippen LogP contribution in [-0.2, 0) is 9.53 Å². The van der Waals surface area contributed by atoms with E-state index in [1.165, 1.54) is 11.3 Å². The first-order valence-corrected chi connectivity index (χ1v) is 9.60. The summed E-state index contributed by atoms with van der Waals surface area (Å²) in [6, 6.07) is 21.0. The second-order valence-corrected chi connectivity index (χ2v) is 7.32. The second kappa shape index (κ2) is 8.64. The van der Waals surface area contributed by atoms with Crippen molar-refractivity contribution < 1.29 is 14.3 Å². The van der Waals surface area contributed by atoms with Gasteiger partial charge >= 0.3 is 5.97 Å². The molecule has 0 saturated heterocycles. The summed E-state index contributed by atoms with van der Waals surface area (Å²) < 4.78 is 5.11. The normalized spacial score (nSPS) is 10.6. The lowest BCUT2D eigenvalue weighted by atomic mass is 9.90. The molecule has 1 heterocycles. The Bertz CT molecular complexity index is 880. The summed E-state index contributed by atoms with van der Waals surface area (Å²) in [7, 11) is 0. The summed E-state index contributed by atoms with van der Waals surface area (Å²) in [6.07, 6.45) is 0. The molecule has 0 fully saturated rings.